The maximum Gasteiger partial charge on any atom is 0.272 e. The minimum Gasteiger partial charge on any atom is -0.380 e. The van der Waals surface area contributed by atoms with E-state index in [0.29, 0.717) is 36.2 Å². The Hall–Kier alpha value is -3.34. The van der Waals surface area contributed by atoms with Crippen LogP contribution in [-0.4, -0.2) is 52.5 Å². The molecule has 10 heteroatoms. The van der Waals surface area contributed by atoms with Crippen LogP contribution < -0.4 is 16.0 Å². The van der Waals surface area contributed by atoms with Gasteiger partial charge in [0.2, 0.25) is 0 Å². The van der Waals surface area contributed by atoms with Crippen molar-refractivity contribution in [3.05, 3.63) is 41.3 Å². The van der Waals surface area contributed by atoms with Gasteiger partial charge in [-0.3, -0.25) is 0 Å². The molecule has 3 rings (SSSR count). The number of morpholine rings is 1. The highest BCUT2D eigenvalue weighted by atomic mass is 16.5. The Morgan fingerprint density at radius 3 is 2.86 bits per heavy atom. The summed E-state index contributed by atoms with van der Waals surface area (Å²) in [6.45, 7) is 13.9. The third kappa shape index (κ3) is 4.68. The number of nitriles is 1. The Labute approximate surface area is 163 Å². The summed E-state index contributed by atoms with van der Waals surface area (Å²) in [6, 6.07) is 3.70. The molecule has 0 bridgehead atoms. The molecule has 0 unspecified atom stereocenters. The van der Waals surface area contributed by atoms with Crippen LogP contribution in [0, 0.1) is 17.9 Å². The maximum absolute atomic E-state index is 8.81. The van der Waals surface area contributed by atoms with Gasteiger partial charge in [-0.05, 0) is 0 Å². The molecule has 3 heterocycles. The van der Waals surface area contributed by atoms with Gasteiger partial charge in [0, 0.05) is 39.5 Å². The van der Waals surface area contributed by atoms with E-state index in [1.165, 1.54) is 12.4 Å². The van der Waals surface area contributed by atoms with Crippen LogP contribution in [0.5, 0.6) is 0 Å². The van der Waals surface area contributed by atoms with Gasteiger partial charge in [-0.1, -0.05) is 0 Å². The number of hydrogen-bond acceptors (Lipinski definition) is 9. The second kappa shape index (κ2) is 8.57. The number of aromatic nitrogens is 4. The monoisotopic (exact) mass is 379 g/mol. The molecule has 2 aromatic rings. The van der Waals surface area contributed by atoms with E-state index >= 15 is 0 Å². The van der Waals surface area contributed by atoms with Crippen LogP contribution in [0.2, 0.25) is 0 Å². The van der Waals surface area contributed by atoms with Crippen molar-refractivity contribution in [3.63, 3.8) is 0 Å². The molecule has 0 spiro atoms. The maximum atomic E-state index is 8.81. The Balaban J connectivity index is 1.81. The van der Waals surface area contributed by atoms with Gasteiger partial charge in [0.25, 0.3) is 5.54 Å². The van der Waals surface area contributed by atoms with Gasteiger partial charge in [0.1, 0.15) is 11.9 Å². The summed E-state index contributed by atoms with van der Waals surface area (Å²) in [5.74, 6) is 0.893. The van der Waals surface area contributed by atoms with Gasteiger partial charge >= 0.3 is 0 Å². The molecule has 144 valence electrons. The quantitative estimate of drug-likeness (QED) is 0.639. The predicted molar refractivity (Wildman–Crippen MR) is 103 cm³/mol. The average Bonchev–Trinajstić information content (AvgIpc) is 2.73. The number of nitrogens with one attached hydrogen (secondary N) is 3. The fourth-order valence-electron chi connectivity index (χ4n) is 2.65. The van der Waals surface area contributed by atoms with Crippen molar-refractivity contribution in [2.24, 2.45) is 0 Å². The van der Waals surface area contributed by atoms with E-state index < -0.39 is 5.54 Å². The molecule has 1 aliphatic heterocycles. The molecule has 1 aliphatic rings. The predicted octanol–water partition coefficient (Wildman–Crippen LogP) is 1.44. The summed E-state index contributed by atoms with van der Waals surface area (Å²) >= 11 is 0. The highest BCUT2D eigenvalue weighted by Gasteiger charge is 2.32. The first-order valence-electron chi connectivity index (χ1n) is 8.84. The minimum absolute atomic E-state index is 0.0339. The van der Waals surface area contributed by atoms with E-state index in [4.69, 9.17) is 16.6 Å². The molecular weight excluding hydrogens is 358 g/mol. The van der Waals surface area contributed by atoms with Gasteiger partial charge in [-0.2, -0.15) is 5.26 Å². The lowest BCUT2D eigenvalue weighted by Crippen LogP contribution is -2.42. The molecule has 10 nitrogen and oxygen atoms in total. The molecule has 0 radical (unpaired) electrons. The number of nitrogens with zero attached hydrogens (tertiary/aromatic N) is 6. The normalized spacial score (nSPS) is 16.6. The first kappa shape index (κ1) is 19.4. The van der Waals surface area contributed by atoms with Crippen molar-refractivity contribution in [2.45, 2.75) is 25.5 Å². The molecule has 1 atom stereocenters. The second-order valence-corrected chi connectivity index (χ2v) is 6.76. The van der Waals surface area contributed by atoms with Crippen molar-refractivity contribution in [1.82, 2.24) is 25.5 Å². The Morgan fingerprint density at radius 2 is 2.21 bits per heavy atom. The fourth-order valence-corrected chi connectivity index (χ4v) is 2.65. The van der Waals surface area contributed by atoms with E-state index in [2.05, 4.69) is 41.0 Å². The lowest BCUT2D eigenvalue weighted by molar-refractivity contribution is 0.0372. The molecule has 0 aromatic carbocycles. The van der Waals surface area contributed by atoms with Crippen LogP contribution in [0.25, 0.3) is 4.85 Å². The number of hydrogen-bond donors (Lipinski definition) is 3. The van der Waals surface area contributed by atoms with Crippen LogP contribution in [0.1, 0.15) is 25.2 Å². The van der Waals surface area contributed by atoms with Gasteiger partial charge in [0.15, 0.2) is 17.2 Å². The van der Waals surface area contributed by atoms with Gasteiger partial charge in [-0.15, -0.1) is 10.2 Å². The summed E-state index contributed by atoms with van der Waals surface area (Å²) in [5, 5.41) is 26.9. The van der Waals surface area contributed by atoms with Crippen molar-refractivity contribution in [1.29, 1.82) is 5.26 Å². The highest BCUT2D eigenvalue weighted by Crippen LogP contribution is 2.30. The van der Waals surface area contributed by atoms with Crippen molar-refractivity contribution >= 4 is 17.3 Å². The molecule has 0 amide bonds. The molecule has 2 aromatic heterocycles. The topological polar surface area (TPSA) is 125 Å². The third-order valence-corrected chi connectivity index (χ3v) is 4.20. The first-order chi connectivity index (χ1) is 13.5. The van der Waals surface area contributed by atoms with E-state index in [-0.39, 0.29) is 11.8 Å². The molecular formula is C18H21N9O. The van der Waals surface area contributed by atoms with E-state index in [0.717, 1.165) is 13.1 Å². The standard InChI is InChI=1S/C18H21N9O/c1-18(2,20-3)17-14(23-10-13-9-21-4-5-28-13)6-15(26-27-17)25-16-11-22-12(7-19)8-24-16/h6,8,11,13,21H,4-5,9-10H2,1-2H3,(H2,23,24,25,26)/t13-/m0/s1. The van der Waals surface area contributed by atoms with Crippen LogP contribution in [0.4, 0.5) is 17.3 Å². The van der Waals surface area contributed by atoms with Crippen LogP contribution in [-0.2, 0) is 10.3 Å². The Kier molecular flexibility index (Phi) is 5.94. The largest absolute Gasteiger partial charge is 0.380 e. The number of ether oxygens (including phenoxy) is 1. The summed E-state index contributed by atoms with van der Waals surface area (Å²) in [5.41, 5.74) is 0.666. The highest BCUT2D eigenvalue weighted by molar-refractivity contribution is 5.61. The van der Waals surface area contributed by atoms with Gasteiger partial charge in [-0.25, -0.2) is 16.5 Å². The van der Waals surface area contributed by atoms with Crippen LogP contribution in [0.3, 0.4) is 0 Å². The van der Waals surface area contributed by atoms with Gasteiger partial charge in [0.05, 0.1) is 30.8 Å². The fraction of sp³-hybridized carbons (Fsp3) is 0.444. The SMILES string of the molecule is [C-]#[N+]C(C)(C)c1nnc(Nc2cnc(C#N)cn2)cc1NC[C@@H]1CNCCO1. The minimum atomic E-state index is -0.826. The zero-order valence-electron chi connectivity index (χ0n) is 15.7. The zero-order chi connectivity index (χ0) is 20.0. The summed E-state index contributed by atoms with van der Waals surface area (Å²) < 4.78 is 5.72. The summed E-state index contributed by atoms with van der Waals surface area (Å²) in [4.78, 5) is 11.8. The molecule has 0 aliphatic carbocycles. The Bertz CT molecular complexity index is 893. The lowest BCUT2D eigenvalue weighted by atomic mass is 10.00. The van der Waals surface area contributed by atoms with E-state index in [9.17, 15) is 0 Å². The Morgan fingerprint density at radius 1 is 1.36 bits per heavy atom. The average molecular weight is 379 g/mol. The third-order valence-electron chi connectivity index (χ3n) is 4.20. The van der Waals surface area contributed by atoms with Crippen molar-refractivity contribution in [2.75, 3.05) is 36.9 Å². The molecule has 1 saturated heterocycles. The van der Waals surface area contributed by atoms with Crippen molar-refractivity contribution in [3.8, 4) is 6.07 Å². The van der Waals surface area contributed by atoms with Gasteiger partial charge < -0.3 is 25.5 Å². The van der Waals surface area contributed by atoms with E-state index in [1.807, 2.05) is 6.07 Å². The van der Waals surface area contributed by atoms with Crippen LogP contribution in [0.15, 0.2) is 18.5 Å². The lowest BCUT2D eigenvalue weighted by Gasteiger charge is -2.25. The van der Waals surface area contributed by atoms with E-state index in [1.54, 1.807) is 19.9 Å². The van der Waals surface area contributed by atoms with Crippen LogP contribution >= 0.6 is 0 Å². The molecule has 28 heavy (non-hydrogen) atoms. The summed E-state index contributed by atoms with van der Waals surface area (Å²) in [6.07, 6.45) is 2.86. The second-order valence-electron chi connectivity index (χ2n) is 6.76. The first-order valence-corrected chi connectivity index (χ1v) is 8.84. The molecule has 0 saturated carbocycles. The molecule has 1 fully saturated rings. The van der Waals surface area contributed by atoms with Crippen molar-refractivity contribution < 1.29 is 4.74 Å². The summed E-state index contributed by atoms with van der Waals surface area (Å²) in [7, 11) is 0. The number of anilines is 3. The zero-order valence-corrected chi connectivity index (χ0v) is 15.7. The number of rotatable bonds is 6. The molecule has 3 N–H and O–H groups in total. The smallest absolute Gasteiger partial charge is 0.272 e.